The molecule has 5 heteroatoms. The van der Waals surface area contributed by atoms with Gasteiger partial charge in [0, 0.05) is 49.8 Å². The lowest BCUT2D eigenvalue weighted by molar-refractivity contribution is 0.0625. The second kappa shape index (κ2) is 8.73. The van der Waals surface area contributed by atoms with E-state index in [-0.39, 0.29) is 17.9 Å². The number of carbonyl (C=O) groups excluding carboxylic acids is 1. The van der Waals surface area contributed by atoms with Crippen LogP contribution in [0.25, 0.3) is 11.1 Å². The number of rotatable bonds is 7. The number of amides is 1. The summed E-state index contributed by atoms with van der Waals surface area (Å²) in [5, 5.41) is 9.56. The first kappa shape index (κ1) is 22.0. The number of likely N-dealkylation sites (N-methyl/N-ethyl adjacent to an activating group) is 1. The van der Waals surface area contributed by atoms with E-state index in [1.165, 1.54) is 11.1 Å². The highest BCUT2D eigenvalue weighted by Crippen LogP contribution is 2.31. The molecular formula is C26H35N3O2. The Morgan fingerprint density at radius 2 is 1.81 bits per heavy atom. The molecule has 0 radical (unpaired) electrons. The molecule has 2 aromatic carbocycles. The van der Waals surface area contributed by atoms with Crippen molar-refractivity contribution in [2.45, 2.75) is 46.8 Å². The Morgan fingerprint density at radius 3 is 2.45 bits per heavy atom. The van der Waals surface area contributed by atoms with Crippen LogP contribution in [-0.2, 0) is 13.1 Å². The van der Waals surface area contributed by atoms with Crippen LogP contribution in [0.1, 0.15) is 49.2 Å². The van der Waals surface area contributed by atoms with Crippen molar-refractivity contribution in [2.75, 3.05) is 32.9 Å². The van der Waals surface area contributed by atoms with E-state index in [1.807, 2.05) is 30.9 Å². The van der Waals surface area contributed by atoms with Gasteiger partial charge in [-0.3, -0.25) is 14.6 Å². The number of nitrogens with zero attached hydrogens (tertiary/aromatic N) is 3. The van der Waals surface area contributed by atoms with Gasteiger partial charge in [-0.2, -0.15) is 0 Å². The monoisotopic (exact) mass is 421 g/mol. The van der Waals surface area contributed by atoms with Crippen LogP contribution in [0, 0.1) is 5.41 Å². The molecule has 31 heavy (non-hydrogen) atoms. The first-order chi connectivity index (χ1) is 14.8. The average Bonchev–Trinajstić information content (AvgIpc) is 3.27. The smallest absolute Gasteiger partial charge is 0.254 e. The summed E-state index contributed by atoms with van der Waals surface area (Å²) in [6.07, 6.45) is 0. The van der Waals surface area contributed by atoms with Crippen molar-refractivity contribution >= 4 is 5.91 Å². The number of aliphatic hydroxyl groups excluding tert-OH is 1. The number of benzene rings is 2. The molecule has 5 nitrogen and oxygen atoms in total. The van der Waals surface area contributed by atoms with Crippen LogP contribution in [-0.4, -0.2) is 64.7 Å². The zero-order valence-corrected chi connectivity index (χ0v) is 19.3. The molecule has 2 aliphatic heterocycles. The molecule has 0 bridgehead atoms. The first-order valence-electron chi connectivity index (χ1n) is 11.4. The van der Waals surface area contributed by atoms with Gasteiger partial charge in [0.05, 0.1) is 6.67 Å². The summed E-state index contributed by atoms with van der Waals surface area (Å²) in [5.74, 6) is 0.0688. The zero-order valence-electron chi connectivity index (χ0n) is 19.3. The molecule has 0 saturated carbocycles. The standard InChI is InChI=1S/C26H35N3O2/c1-5-27-13-19(2)29(18-27)14-20-6-8-21(9-7-20)22-10-11-24-23(12-22)15-28(25(24)31)16-26(3,4)17-30/h6-12,19,30H,5,13-18H2,1-4H3. The molecule has 2 aliphatic rings. The summed E-state index contributed by atoms with van der Waals surface area (Å²) in [4.78, 5) is 19.6. The van der Waals surface area contributed by atoms with Crippen LogP contribution in [0.5, 0.6) is 0 Å². The van der Waals surface area contributed by atoms with Crippen LogP contribution in [0.15, 0.2) is 42.5 Å². The molecule has 0 spiro atoms. The maximum absolute atomic E-state index is 12.8. The highest BCUT2D eigenvalue weighted by Gasteiger charge is 2.32. The van der Waals surface area contributed by atoms with E-state index in [2.05, 4.69) is 54.0 Å². The molecule has 166 valence electrons. The Bertz CT molecular complexity index is 938. The average molecular weight is 422 g/mol. The Balaban J connectivity index is 1.45. The van der Waals surface area contributed by atoms with Gasteiger partial charge in [-0.05, 0) is 47.9 Å². The molecule has 1 fully saturated rings. The number of aliphatic hydroxyl groups is 1. The van der Waals surface area contributed by atoms with Crippen molar-refractivity contribution in [2.24, 2.45) is 5.41 Å². The Hall–Kier alpha value is -2.21. The van der Waals surface area contributed by atoms with Gasteiger partial charge in [-0.15, -0.1) is 0 Å². The lowest BCUT2D eigenvalue weighted by Gasteiger charge is -2.28. The van der Waals surface area contributed by atoms with E-state index in [0.29, 0.717) is 19.1 Å². The highest BCUT2D eigenvalue weighted by atomic mass is 16.3. The SMILES string of the molecule is CCN1CC(C)N(Cc2ccc(-c3ccc4c(c3)CN(CC(C)(C)CO)C4=O)cc2)C1. The predicted octanol–water partition coefficient (Wildman–Crippen LogP) is 3.81. The van der Waals surface area contributed by atoms with Gasteiger partial charge in [0.2, 0.25) is 0 Å². The Kier molecular flexibility index (Phi) is 6.20. The summed E-state index contributed by atoms with van der Waals surface area (Å²) in [6, 6.07) is 15.6. The molecular weight excluding hydrogens is 386 g/mol. The van der Waals surface area contributed by atoms with E-state index in [0.717, 1.165) is 43.0 Å². The van der Waals surface area contributed by atoms with Crippen molar-refractivity contribution < 1.29 is 9.90 Å². The van der Waals surface area contributed by atoms with Gasteiger partial charge in [0.25, 0.3) is 5.91 Å². The largest absolute Gasteiger partial charge is 0.396 e. The number of hydrogen-bond acceptors (Lipinski definition) is 4. The van der Waals surface area contributed by atoms with Gasteiger partial charge >= 0.3 is 0 Å². The van der Waals surface area contributed by atoms with Gasteiger partial charge in [0.15, 0.2) is 0 Å². The molecule has 1 N–H and O–H groups in total. The third kappa shape index (κ3) is 4.69. The second-order valence-electron chi connectivity index (χ2n) is 9.96. The fraction of sp³-hybridized carbons (Fsp3) is 0.500. The molecule has 4 rings (SSSR count). The highest BCUT2D eigenvalue weighted by molar-refractivity contribution is 5.99. The van der Waals surface area contributed by atoms with Crippen molar-refractivity contribution in [3.63, 3.8) is 0 Å². The Labute approximate surface area is 186 Å². The van der Waals surface area contributed by atoms with Gasteiger partial charge < -0.3 is 10.0 Å². The molecule has 2 aromatic rings. The molecule has 1 atom stereocenters. The minimum Gasteiger partial charge on any atom is -0.396 e. The van der Waals surface area contributed by atoms with E-state index < -0.39 is 0 Å². The van der Waals surface area contributed by atoms with Crippen LogP contribution >= 0.6 is 0 Å². The lowest BCUT2D eigenvalue weighted by Crippen LogP contribution is -2.36. The lowest BCUT2D eigenvalue weighted by atomic mass is 9.94. The molecule has 1 saturated heterocycles. The zero-order chi connectivity index (χ0) is 22.2. The number of fused-ring (bicyclic) bond motifs is 1. The van der Waals surface area contributed by atoms with Crippen molar-refractivity contribution in [3.05, 3.63) is 59.2 Å². The summed E-state index contributed by atoms with van der Waals surface area (Å²) < 4.78 is 0. The topological polar surface area (TPSA) is 47.0 Å². The van der Waals surface area contributed by atoms with E-state index in [4.69, 9.17) is 0 Å². The third-order valence-corrected chi connectivity index (χ3v) is 6.68. The van der Waals surface area contributed by atoms with E-state index in [1.54, 1.807) is 0 Å². The molecule has 1 unspecified atom stereocenters. The maximum atomic E-state index is 12.8. The number of hydrogen-bond donors (Lipinski definition) is 1. The van der Waals surface area contributed by atoms with Gasteiger partial charge in [-0.25, -0.2) is 0 Å². The molecule has 0 aliphatic carbocycles. The maximum Gasteiger partial charge on any atom is 0.254 e. The summed E-state index contributed by atoms with van der Waals surface area (Å²) in [5.41, 5.74) is 5.23. The minimum absolute atomic E-state index is 0.0669. The van der Waals surface area contributed by atoms with E-state index in [9.17, 15) is 9.90 Å². The van der Waals surface area contributed by atoms with Crippen LogP contribution < -0.4 is 0 Å². The van der Waals surface area contributed by atoms with E-state index >= 15 is 0 Å². The molecule has 2 heterocycles. The van der Waals surface area contributed by atoms with Crippen molar-refractivity contribution in [1.29, 1.82) is 0 Å². The summed E-state index contributed by atoms with van der Waals surface area (Å²) >= 11 is 0. The fourth-order valence-corrected chi connectivity index (χ4v) is 4.67. The minimum atomic E-state index is -0.294. The summed E-state index contributed by atoms with van der Waals surface area (Å²) in [6.45, 7) is 14.0. The van der Waals surface area contributed by atoms with Gasteiger partial charge in [0.1, 0.15) is 0 Å². The molecule has 0 aromatic heterocycles. The van der Waals surface area contributed by atoms with Crippen LogP contribution in [0.2, 0.25) is 0 Å². The second-order valence-corrected chi connectivity index (χ2v) is 9.96. The van der Waals surface area contributed by atoms with Gasteiger partial charge in [-0.1, -0.05) is 51.1 Å². The predicted molar refractivity (Wildman–Crippen MR) is 125 cm³/mol. The normalized spacial score (nSPS) is 20.0. The molecule has 1 amide bonds. The van der Waals surface area contributed by atoms with Crippen molar-refractivity contribution in [1.82, 2.24) is 14.7 Å². The Morgan fingerprint density at radius 1 is 1.10 bits per heavy atom. The summed E-state index contributed by atoms with van der Waals surface area (Å²) in [7, 11) is 0. The van der Waals surface area contributed by atoms with Crippen LogP contribution in [0.3, 0.4) is 0 Å². The van der Waals surface area contributed by atoms with Crippen LogP contribution in [0.4, 0.5) is 0 Å². The quantitative estimate of drug-likeness (QED) is 0.739. The first-order valence-corrected chi connectivity index (χ1v) is 11.4. The third-order valence-electron chi connectivity index (χ3n) is 6.68. The van der Waals surface area contributed by atoms with Crippen molar-refractivity contribution in [3.8, 4) is 11.1 Å². The fourth-order valence-electron chi connectivity index (χ4n) is 4.67. The number of carbonyl (C=O) groups is 1.